The molecule has 12 heavy (non-hydrogen) atoms. The third-order valence-electron chi connectivity index (χ3n) is 1.90. The molecule has 1 aromatic carbocycles. The SMILES string of the molecule is SCc1ccc2c(c1)NCCS2. The van der Waals surface area contributed by atoms with E-state index in [2.05, 4.69) is 36.1 Å². The first kappa shape index (κ1) is 8.32. The maximum atomic E-state index is 4.24. The summed E-state index contributed by atoms with van der Waals surface area (Å²) in [5.74, 6) is 1.99. The molecule has 1 nitrogen and oxygen atoms in total. The highest BCUT2D eigenvalue weighted by molar-refractivity contribution is 7.99. The van der Waals surface area contributed by atoms with E-state index in [1.165, 1.54) is 21.9 Å². The zero-order valence-corrected chi connectivity index (χ0v) is 8.42. The van der Waals surface area contributed by atoms with Crippen molar-refractivity contribution in [3.8, 4) is 0 Å². The first-order valence-electron chi connectivity index (χ1n) is 4.00. The second kappa shape index (κ2) is 3.62. The smallest absolute Gasteiger partial charge is 0.0481 e. The van der Waals surface area contributed by atoms with Crippen LogP contribution in [0.4, 0.5) is 5.69 Å². The number of fused-ring (bicyclic) bond motifs is 1. The minimum absolute atomic E-state index is 0.819. The molecule has 0 saturated heterocycles. The fourth-order valence-electron chi connectivity index (χ4n) is 1.29. The molecule has 1 aliphatic rings. The van der Waals surface area contributed by atoms with E-state index in [1.807, 2.05) is 11.8 Å². The van der Waals surface area contributed by atoms with Crippen molar-refractivity contribution in [2.45, 2.75) is 10.6 Å². The van der Waals surface area contributed by atoms with Gasteiger partial charge in [0.2, 0.25) is 0 Å². The van der Waals surface area contributed by atoms with Crippen molar-refractivity contribution in [1.82, 2.24) is 0 Å². The number of anilines is 1. The minimum atomic E-state index is 0.819. The first-order chi connectivity index (χ1) is 5.90. The highest BCUT2D eigenvalue weighted by Gasteiger charge is 2.08. The zero-order valence-electron chi connectivity index (χ0n) is 6.71. The summed E-state index contributed by atoms with van der Waals surface area (Å²) in [7, 11) is 0. The van der Waals surface area contributed by atoms with E-state index in [9.17, 15) is 0 Å². The van der Waals surface area contributed by atoms with Gasteiger partial charge in [0.05, 0.1) is 0 Å². The van der Waals surface area contributed by atoms with Crippen molar-refractivity contribution in [1.29, 1.82) is 0 Å². The van der Waals surface area contributed by atoms with Gasteiger partial charge in [-0.25, -0.2) is 0 Å². The molecule has 0 unspecified atom stereocenters. The summed E-state index contributed by atoms with van der Waals surface area (Å²) in [5.41, 5.74) is 2.56. The van der Waals surface area contributed by atoms with Gasteiger partial charge in [0.25, 0.3) is 0 Å². The highest BCUT2D eigenvalue weighted by atomic mass is 32.2. The van der Waals surface area contributed by atoms with Gasteiger partial charge >= 0.3 is 0 Å². The van der Waals surface area contributed by atoms with Gasteiger partial charge in [-0.1, -0.05) is 6.07 Å². The highest BCUT2D eigenvalue weighted by Crippen LogP contribution is 2.31. The maximum Gasteiger partial charge on any atom is 0.0481 e. The Morgan fingerprint density at radius 3 is 3.25 bits per heavy atom. The second-order valence-electron chi connectivity index (χ2n) is 2.76. The number of hydrogen-bond donors (Lipinski definition) is 2. The number of thioether (sulfide) groups is 1. The number of nitrogens with one attached hydrogen (secondary N) is 1. The van der Waals surface area contributed by atoms with Crippen molar-refractivity contribution < 1.29 is 0 Å². The molecule has 1 aliphatic heterocycles. The number of rotatable bonds is 1. The second-order valence-corrected chi connectivity index (χ2v) is 4.22. The Morgan fingerprint density at radius 2 is 2.42 bits per heavy atom. The summed E-state index contributed by atoms with van der Waals surface area (Å²) in [4.78, 5) is 1.37. The van der Waals surface area contributed by atoms with Gasteiger partial charge in [-0.2, -0.15) is 12.6 Å². The Hall–Kier alpha value is -0.280. The maximum absolute atomic E-state index is 4.24. The Bertz CT molecular complexity index is 286. The van der Waals surface area contributed by atoms with E-state index in [0.29, 0.717) is 0 Å². The summed E-state index contributed by atoms with van der Waals surface area (Å²) in [6, 6.07) is 6.51. The summed E-state index contributed by atoms with van der Waals surface area (Å²) < 4.78 is 0. The lowest BCUT2D eigenvalue weighted by molar-refractivity contribution is 1.16. The van der Waals surface area contributed by atoms with E-state index in [-0.39, 0.29) is 0 Å². The van der Waals surface area contributed by atoms with Crippen molar-refractivity contribution in [2.24, 2.45) is 0 Å². The van der Waals surface area contributed by atoms with Crippen LogP contribution in [-0.4, -0.2) is 12.3 Å². The summed E-state index contributed by atoms with van der Waals surface area (Å²) in [6.07, 6.45) is 0. The third-order valence-corrected chi connectivity index (χ3v) is 3.34. The Labute approximate surface area is 82.3 Å². The molecule has 0 saturated carbocycles. The minimum Gasteiger partial charge on any atom is -0.383 e. The molecular formula is C9H11NS2. The molecule has 0 aliphatic carbocycles. The molecule has 1 aromatic rings. The standard InChI is InChI=1S/C9H11NS2/c11-6-7-1-2-9-8(5-7)10-3-4-12-9/h1-2,5,10-11H,3-4,6H2. The molecule has 0 amide bonds. The Morgan fingerprint density at radius 1 is 1.50 bits per heavy atom. The van der Waals surface area contributed by atoms with E-state index < -0.39 is 0 Å². The molecule has 0 aromatic heterocycles. The molecule has 1 heterocycles. The Balaban J connectivity index is 2.36. The van der Waals surface area contributed by atoms with Crippen LogP contribution in [0.3, 0.4) is 0 Å². The van der Waals surface area contributed by atoms with Crippen LogP contribution in [0, 0.1) is 0 Å². The lowest BCUT2D eigenvalue weighted by atomic mass is 10.2. The number of thiol groups is 1. The van der Waals surface area contributed by atoms with Crippen LogP contribution in [0.5, 0.6) is 0 Å². The van der Waals surface area contributed by atoms with Crippen molar-refractivity contribution in [2.75, 3.05) is 17.6 Å². The van der Waals surface area contributed by atoms with Gasteiger partial charge in [0.1, 0.15) is 0 Å². The van der Waals surface area contributed by atoms with Crippen LogP contribution in [0.25, 0.3) is 0 Å². The molecule has 0 spiro atoms. The predicted octanol–water partition coefficient (Wildman–Crippen LogP) is 2.63. The molecule has 3 heteroatoms. The third kappa shape index (κ3) is 1.57. The molecule has 0 bridgehead atoms. The normalized spacial score (nSPS) is 15.1. The van der Waals surface area contributed by atoms with Crippen LogP contribution in [-0.2, 0) is 5.75 Å². The summed E-state index contributed by atoms with van der Waals surface area (Å²) in [5, 5.41) is 3.38. The lowest BCUT2D eigenvalue weighted by Gasteiger charge is -2.17. The Kier molecular flexibility index (Phi) is 2.51. The lowest BCUT2D eigenvalue weighted by Crippen LogP contribution is -2.10. The largest absolute Gasteiger partial charge is 0.383 e. The van der Waals surface area contributed by atoms with Gasteiger partial charge in [-0.15, -0.1) is 11.8 Å². The fraction of sp³-hybridized carbons (Fsp3) is 0.333. The molecule has 64 valence electrons. The monoisotopic (exact) mass is 197 g/mol. The average Bonchev–Trinajstić information content (AvgIpc) is 2.17. The summed E-state index contributed by atoms with van der Waals surface area (Å²) in [6.45, 7) is 1.08. The fourth-order valence-corrected chi connectivity index (χ4v) is 2.36. The van der Waals surface area contributed by atoms with Crippen LogP contribution >= 0.6 is 24.4 Å². The average molecular weight is 197 g/mol. The number of benzene rings is 1. The number of hydrogen-bond acceptors (Lipinski definition) is 3. The summed E-state index contributed by atoms with van der Waals surface area (Å²) >= 11 is 6.16. The van der Waals surface area contributed by atoms with E-state index in [0.717, 1.165) is 12.3 Å². The van der Waals surface area contributed by atoms with Gasteiger partial charge in [0, 0.05) is 28.6 Å². The van der Waals surface area contributed by atoms with Crippen molar-refractivity contribution in [3.05, 3.63) is 23.8 Å². The van der Waals surface area contributed by atoms with Gasteiger partial charge in [-0.05, 0) is 17.7 Å². The molecule has 1 N–H and O–H groups in total. The van der Waals surface area contributed by atoms with Crippen LogP contribution in [0.2, 0.25) is 0 Å². The predicted molar refractivity (Wildman–Crippen MR) is 58.3 cm³/mol. The zero-order chi connectivity index (χ0) is 8.39. The van der Waals surface area contributed by atoms with Crippen molar-refractivity contribution >= 4 is 30.1 Å². The molecule has 0 fully saturated rings. The van der Waals surface area contributed by atoms with Crippen LogP contribution < -0.4 is 5.32 Å². The van der Waals surface area contributed by atoms with E-state index in [1.54, 1.807) is 0 Å². The molecular weight excluding hydrogens is 186 g/mol. The topological polar surface area (TPSA) is 12.0 Å². The van der Waals surface area contributed by atoms with Gasteiger partial charge in [0.15, 0.2) is 0 Å². The van der Waals surface area contributed by atoms with Gasteiger partial charge in [-0.3, -0.25) is 0 Å². The van der Waals surface area contributed by atoms with Crippen LogP contribution in [0.1, 0.15) is 5.56 Å². The van der Waals surface area contributed by atoms with E-state index in [4.69, 9.17) is 0 Å². The quantitative estimate of drug-likeness (QED) is 0.671. The molecule has 0 atom stereocenters. The van der Waals surface area contributed by atoms with E-state index >= 15 is 0 Å². The first-order valence-corrected chi connectivity index (χ1v) is 5.62. The van der Waals surface area contributed by atoms with Crippen LogP contribution in [0.15, 0.2) is 23.1 Å². The molecule has 2 rings (SSSR count). The van der Waals surface area contributed by atoms with Gasteiger partial charge < -0.3 is 5.32 Å². The molecule has 0 radical (unpaired) electrons. The van der Waals surface area contributed by atoms with Crippen molar-refractivity contribution in [3.63, 3.8) is 0 Å².